The van der Waals surface area contributed by atoms with Gasteiger partial charge in [0.15, 0.2) is 0 Å². The molecule has 0 saturated heterocycles. The summed E-state index contributed by atoms with van der Waals surface area (Å²) >= 11 is 0. The van der Waals surface area contributed by atoms with E-state index in [-0.39, 0.29) is 12.7 Å². The molecule has 19 heavy (non-hydrogen) atoms. The molecule has 0 aromatic carbocycles. The number of hydrogen-bond donors (Lipinski definition) is 0. The van der Waals surface area contributed by atoms with Crippen molar-refractivity contribution < 1.29 is 49.7 Å². The van der Waals surface area contributed by atoms with Gasteiger partial charge in [0.25, 0.3) is 5.78 Å². The summed E-state index contributed by atoms with van der Waals surface area (Å²) in [6.07, 6.45) is -16.4. The van der Waals surface area contributed by atoms with Crippen molar-refractivity contribution in [2.45, 2.75) is 25.7 Å². The van der Waals surface area contributed by atoms with E-state index in [2.05, 4.69) is 9.47 Å². The molecule has 0 aliphatic carbocycles. The molecule has 0 aliphatic heterocycles. The van der Waals surface area contributed by atoms with Crippen molar-refractivity contribution in [3.63, 3.8) is 0 Å². The first kappa shape index (κ1) is 17.6. The van der Waals surface area contributed by atoms with Crippen LogP contribution in [0.2, 0.25) is 0 Å². The molecule has 0 radical (unpaired) electrons. The third kappa shape index (κ3) is 7.62. The van der Waals surface area contributed by atoms with Gasteiger partial charge in [-0.05, 0) is 6.92 Å². The summed E-state index contributed by atoms with van der Waals surface area (Å²) in [6, 6.07) is 0. The lowest BCUT2D eigenvalue weighted by Crippen LogP contribution is -2.42. The first-order valence-electron chi connectivity index (χ1n) is 4.45. The van der Waals surface area contributed by atoms with Gasteiger partial charge in [-0.2, -0.15) is 13.5 Å². The molecule has 0 saturated carbocycles. The zero-order valence-corrected chi connectivity index (χ0v) is 9.14. The maximum absolute atomic E-state index is 12.7. The van der Waals surface area contributed by atoms with Crippen LogP contribution in [0.1, 0.15) is 6.92 Å². The van der Waals surface area contributed by atoms with E-state index in [4.69, 9.17) is 0 Å². The number of alkyl halides is 7. The first-order chi connectivity index (χ1) is 8.40. The minimum Gasteiger partial charge on any atom is -0.501 e. The molecule has 0 atom stereocenters. The lowest BCUT2D eigenvalue weighted by atomic mass is 10.3. The zero-order chi connectivity index (χ0) is 15.3. The van der Waals surface area contributed by atoms with Crippen LogP contribution in [0.4, 0.5) is 30.7 Å². The lowest BCUT2D eigenvalue weighted by Gasteiger charge is -2.21. The van der Waals surface area contributed by atoms with Gasteiger partial charge in [0.05, 0.1) is 12.9 Å². The van der Waals surface area contributed by atoms with Crippen molar-refractivity contribution >= 4 is 5.78 Å². The van der Waals surface area contributed by atoms with Crippen LogP contribution in [0.3, 0.4) is 0 Å². The van der Waals surface area contributed by atoms with E-state index in [1.165, 1.54) is 6.92 Å². The van der Waals surface area contributed by atoms with Gasteiger partial charge >= 0.3 is 18.8 Å². The second kappa shape index (κ2) is 6.19. The smallest absolute Gasteiger partial charge is 0.501 e. The van der Waals surface area contributed by atoms with Crippen molar-refractivity contribution in [1.82, 2.24) is 0 Å². The molecule has 4 nitrogen and oxygen atoms in total. The average Bonchev–Trinajstić information content (AvgIpc) is 2.11. The number of ketones is 1. The summed E-state index contributed by atoms with van der Waals surface area (Å²) in [7, 11) is 0. The lowest BCUT2D eigenvalue weighted by molar-refractivity contribution is -0.526. The Labute approximate surface area is 101 Å². The van der Waals surface area contributed by atoms with Gasteiger partial charge in [-0.1, -0.05) is 0 Å². The highest BCUT2D eigenvalue weighted by atomic mass is 19.4. The van der Waals surface area contributed by atoms with E-state index in [0.717, 1.165) is 0 Å². The molecule has 0 aliphatic rings. The zero-order valence-electron chi connectivity index (χ0n) is 9.14. The van der Waals surface area contributed by atoms with Gasteiger partial charge < -0.3 is 4.74 Å². The number of hydrogen-bond acceptors (Lipinski definition) is 4. The Balaban J connectivity index is 4.70. The number of ether oxygens (including phenoxy) is 3. The Bertz CT molecular complexity index is 336. The quantitative estimate of drug-likeness (QED) is 0.314. The molecule has 0 spiro atoms. The van der Waals surface area contributed by atoms with E-state index in [9.17, 15) is 35.5 Å². The molecular formula is C8H7F7O4. The molecule has 0 aromatic rings. The minimum atomic E-state index is -5.93. The van der Waals surface area contributed by atoms with Gasteiger partial charge in [0, 0.05) is 6.08 Å². The Morgan fingerprint density at radius 1 is 1.05 bits per heavy atom. The summed E-state index contributed by atoms with van der Waals surface area (Å²) in [6.45, 7) is 1.42. The molecule has 0 aromatic heterocycles. The minimum absolute atomic E-state index is 0.0104. The largest absolute Gasteiger partial charge is 0.529 e. The predicted octanol–water partition coefficient (Wildman–Crippen LogP) is 2.80. The molecule has 0 rings (SSSR count). The van der Waals surface area contributed by atoms with Crippen LogP contribution in [0.25, 0.3) is 0 Å². The molecule has 112 valence electrons. The number of rotatable bonds is 7. The summed E-state index contributed by atoms with van der Waals surface area (Å²) in [5, 5.41) is 0. The SMILES string of the molecule is CCOC=CC(=O)C(F)(F)OC(F)(F)OC(F)(F)F. The van der Waals surface area contributed by atoms with Crippen molar-refractivity contribution in [2.75, 3.05) is 6.61 Å². The number of halogens is 7. The van der Waals surface area contributed by atoms with Crippen LogP contribution >= 0.6 is 0 Å². The van der Waals surface area contributed by atoms with Crippen LogP contribution < -0.4 is 0 Å². The second-order valence-electron chi connectivity index (χ2n) is 2.75. The monoisotopic (exact) mass is 300 g/mol. The van der Waals surface area contributed by atoms with Crippen LogP contribution in [-0.4, -0.2) is 31.2 Å². The van der Waals surface area contributed by atoms with Crippen LogP contribution in [0.5, 0.6) is 0 Å². The second-order valence-corrected chi connectivity index (χ2v) is 2.75. The van der Waals surface area contributed by atoms with E-state index in [1.54, 1.807) is 0 Å². The molecular weight excluding hydrogens is 293 g/mol. The third-order valence-corrected chi connectivity index (χ3v) is 1.25. The normalized spacial score (nSPS) is 13.9. The first-order valence-corrected chi connectivity index (χ1v) is 4.45. The Kier molecular flexibility index (Phi) is 5.75. The highest BCUT2D eigenvalue weighted by Gasteiger charge is 2.55. The van der Waals surface area contributed by atoms with Gasteiger partial charge in [0.1, 0.15) is 0 Å². The highest BCUT2D eigenvalue weighted by molar-refractivity contribution is 5.94. The summed E-state index contributed by atoms with van der Waals surface area (Å²) in [5.41, 5.74) is 0. The van der Waals surface area contributed by atoms with E-state index in [0.29, 0.717) is 6.26 Å². The van der Waals surface area contributed by atoms with E-state index in [1.807, 2.05) is 4.74 Å². The van der Waals surface area contributed by atoms with E-state index >= 15 is 0 Å². The van der Waals surface area contributed by atoms with Crippen LogP contribution in [-0.2, 0) is 19.0 Å². The van der Waals surface area contributed by atoms with Crippen molar-refractivity contribution in [2.24, 2.45) is 0 Å². The van der Waals surface area contributed by atoms with Gasteiger partial charge in [-0.15, -0.1) is 22.0 Å². The highest BCUT2D eigenvalue weighted by Crippen LogP contribution is 2.34. The fourth-order valence-corrected chi connectivity index (χ4v) is 0.658. The molecule has 11 heteroatoms. The number of carbonyl (C=O) groups is 1. The van der Waals surface area contributed by atoms with Crippen molar-refractivity contribution in [1.29, 1.82) is 0 Å². The van der Waals surface area contributed by atoms with Crippen molar-refractivity contribution in [3.05, 3.63) is 12.3 Å². The molecule has 0 heterocycles. The topological polar surface area (TPSA) is 44.8 Å². The maximum atomic E-state index is 12.7. The molecule has 0 fully saturated rings. The molecule has 0 unspecified atom stereocenters. The molecule has 0 bridgehead atoms. The molecule has 0 amide bonds. The standard InChI is InChI=1S/C8H7F7O4/c1-2-17-4-3-5(16)6(9,10)18-8(14,15)19-7(11,12)13/h3-4H,2H2,1H3. The van der Waals surface area contributed by atoms with Gasteiger partial charge in [-0.3, -0.25) is 4.79 Å². The van der Waals surface area contributed by atoms with Crippen LogP contribution in [0.15, 0.2) is 12.3 Å². The Morgan fingerprint density at radius 2 is 1.58 bits per heavy atom. The van der Waals surface area contributed by atoms with Crippen molar-refractivity contribution in [3.8, 4) is 0 Å². The Morgan fingerprint density at radius 3 is 2.00 bits per heavy atom. The summed E-state index contributed by atoms with van der Waals surface area (Å²) in [5.74, 6) is -2.34. The van der Waals surface area contributed by atoms with Gasteiger partial charge in [0.2, 0.25) is 0 Å². The fourth-order valence-electron chi connectivity index (χ4n) is 0.658. The predicted molar refractivity (Wildman–Crippen MR) is 43.9 cm³/mol. The summed E-state index contributed by atoms with van der Waals surface area (Å²) < 4.78 is 93.1. The number of carbonyl (C=O) groups excluding carboxylic acids is 1. The maximum Gasteiger partial charge on any atom is 0.529 e. The van der Waals surface area contributed by atoms with Crippen LogP contribution in [0, 0.1) is 0 Å². The average molecular weight is 300 g/mol. The van der Waals surface area contributed by atoms with E-state index < -0.39 is 24.5 Å². The molecule has 0 N–H and O–H groups in total. The summed E-state index contributed by atoms with van der Waals surface area (Å²) in [4.78, 5) is 10.7. The fraction of sp³-hybridized carbons (Fsp3) is 0.625. The van der Waals surface area contributed by atoms with Gasteiger partial charge in [-0.25, -0.2) is 4.74 Å². The third-order valence-electron chi connectivity index (χ3n) is 1.25. The Hall–Kier alpha value is -1.36.